The molecule has 2 aliphatic heterocycles. The van der Waals surface area contributed by atoms with Crippen LogP contribution in [0, 0.1) is 13.3 Å². The molecule has 1 N–H and O–H groups in total. The summed E-state index contributed by atoms with van der Waals surface area (Å²) in [4.78, 5) is 28.4. The van der Waals surface area contributed by atoms with Gasteiger partial charge in [-0.2, -0.15) is 0 Å². The number of aromatic nitrogens is 4. The van der Waals surface area contributed by atoms with Gasteiger partial charge in [0.05, 0.1) is 16.9 Å². The van der Waals surface area contributed by atoms with Crippen LogP contribution in [0.3, 0.4) is 0 Å². The van der Waals surface area contributed by atoms with E-state index in [-0.39, 0.29) is 11.9 Å². The van der Waals surface area contributed by atoms with Crippen molar-refractivity contribution in [3.63, 3.8) is 0 Å². The first-order valence-corrected chi connectivity index (χ1v) is 13.2. The number of carbonyl (C=O) groups excluding carboxylic acids is 1. The molecule has 0 bridgehead atoms. The SMILES string of the molecule is Cc1nccn1-c1ccc([CH]CN2Cc3ccc(-c4nc(NC5CCOCC5)ncc4Cl)cc3C2=O)cc1. The summed E-state index contributed by atoms with van der Waals surface area (Å²) in [5.74, 6) is 1.49. The summed E-state index contributed by atoms with van der Waals surface area (Å²) in [7, 11) is 0. The van der Waals surface area contributed by atoms with Crippen LogP contribution < -0.4 is 5.32 Å². The molecular formula is C29H28ClN6O2. The third-order valence-corrected chi connectivity index (χ3v) is 7.38. The molecule has 2 aromatic carbocycles. The molecule has 6 rings (SSSR count). The van der Waals surface area contributed by atoms with Gasteiger partial charge in [0.1, 0.15) is 5.82 Å². The highest BCUT2D eigenvalue weighted by Crippen LogP contribution is 2.32. The van der Waals surface area contributed by atoms with Crippen molar-refractivity contribution in [1.29, 1.82) is 0 Å². The number of anilines is 1. The van der Waals surface area contributed by atoms with Gasteiger partial charge in [0, 0.05) is 68.0 Å². The molecule has 8 nitrogen and oxygen atoms in total. The Labute approximate surface area is 226 Å². The van der Waals surface area contributed by atoms with Crippen LogP contribution in [0.1, 0.15) is 40.2 Å². The average molecular weight is 528 g/mol. The van der Waals surface area contributed by atoms with Gasteiger partial charge in [0.2, 0.25) is 5.95 Å². The maximum atomic E-state index is 13.3. The lowest BCUT2D eigenvalue weighted by molar-refractivity contribution is 0.0792. The average Bonchev–Trinajstić information content (AvgIpc) is 3.51. The lowest BCUT2D eigenvalue weighted by Crippen LogP contribution is -2.28. The Kier molecular flexibility index (Phi) is 6.82. The molecule has 4 heterocycles. The predicted octanol–water partition coefficient (Wildman–Crippen LogP) is 5.09. The van der Waals surface area contributed by atoms with E-state index in [0.717, 1.165) is 54.3 Å². The van der Waals surface area contributed by atoms with Crippen LogP contribution in [0.25, 0.3) is 16.9 Å². The minimum Gasteiger partial charge on any atom is -0.381 e. The number of imidazole rings is 1. The summed E-state index contributed by atoms with van der Waals surface area (Å²) in [5.41, 5.74) is 5.23. The number of nitrogens with zero attached hydrogens (tertiary/aromatic N) is 5. The van der Waals surface area contributed by atoms with Crippen LogP contribution in [0.5, 0.6) is 0 Å². The summed E-state index contributed by atoms with van der Waals surface area (Å²) in [6, 6.07) is 14.4. The highest BCUT2D eigenvalue weighted by Gasteiger charge is 2.28. The zero-order valence-electron chi connectivity index (χ0n) is 21.1. The Bertz CT molecular complexity index is 1460. The van der Waals surface area contributed by atoms with Crippen LogP contribution >= 0.6 is 11.6 Å². The molecule has 38 heavy (non-hydrogen) atoms. The van der Waals surface area contributed by atoms with Gasteiger partial charge in [-0.3, -0.25) is 4.79 Å². The highest BCUT2D eigenvalue weighted by atomic mass is 35.5. The number of fused-ring (bicyclic) bond motifs is 1. The number of halogens is 1. The third kappa shape index (κ3) is 5.01. The summed E-state index contributed by atoms with van der Waals surface area (Å²) in [5, 5.41) is 3.84. The molecule has 4 aromatic rings. The fourth-order valence-electron chi connectivity index (χ4n) is 4.96. The number of benzene rings is 2. The first kappa shape index (κ1) is 24.6. The first-order valence-electron chi connectivity index (χ1n) is 12.8. The molecule has 1 saturated heterocycles. The van der Waals surface area contributed by atoms with Crippen molar-refractivity contribution in [2.45, 2.75) is 32.4 Å². The zero-order valence-corrected chi connectivity index (χ0v) is 21.9. The minimum absolute atomic E-state index is 0.00879. The first-order chi connectivity index (χ1) is 18.5. The van der Waals surface area contributed by atoms with E-state index in [1.807, 2.05) is 40.8 Å². The van der Waals surface area contributed by atoms with Crippen LogP contribution in [0.4, 0.5) is 5.95 Å². The van der Waals surface area contributed by atoms with Crippen molar-refractivity contribution in [2.24, 2.45) is 0 Å². The maximum Gasteiger partial charge on any atom is 0.254 e. The fourth-order valence-corrected chi connectivity index (χ4v) is 5.16. The standard InChI is InChI=1S/C29H28ClN6O2/c1-19-31-11-13-36(19)24-6-2-20(3-7-24)8-12-35-18-22-5-4-21(16-25(22)28(35)37)27-26(30)17-32-29(34-27)33-23-9-14-38-15-10-23/h2-8,11,13,16-17,23H,9-10,12,14-15,18H2,1H3,(H,32,33,34). The molecule has 0 aliphatic carbocycles. The highest BCUT2D eigenvalue weighted by molar-refractivity contribution is 6.33. The number of aryl methyl sites for hydroxylation is 1. The van der Waals surface area contributed by atoms with E-state index in [2.05, 4.69) is 51.0 Å². The third-order valence-electron chi connectivity index (χ3n) is 7.11. The Morgan fingerprint density at radius 2 is 1.95 bits per heavy atom. The fraction of sp³-hybridized carbons (Fsp3) is 0.276. The largest absolute Gasteiger partial charge is 0.381 e. The van der Waals surface area contributed by atoms with E-state index in [0.29, 0.717) is 35.3 Å². The van der Waals surface area contributed by atoms with E-state index in [9.17, 15) is 4.79 Å². The molecular weight excluding hydrogens is 500 g/mol. The molecule has 0 unspecified atom stereocenters. The quantitative estimate of drug-likeness (QED) is 0.360. The molecule has 2 aliphatic rings. The second-order valence-electron chi connectivity index (χ2n) is 9.62. The molecule has 9 heteroatoms. The van der Waals surface area contributed by atoms with E-state index in [1.54, 1.807) is 12.4 Å². The van der Waals surface area contributed by atoms with Gasteiger partial charge in [-0.15, -0.1) is 0 Å². The molecule has 0 saturated carbocycles. The minimum atomic E-state index is 0.00879. The molecule has 0 atom stereocenters. The Balaban J connectivity index is 1.13. The van der Waals surface area contributed by atoms with E-state index < -0.39 is 0 Å². The van der Waals surface area contributed by atoms with Crippen LogP contribution in [-0.2, 0) is 11.3 Å². The van der Waals surface area contributed by atoms with Gasteiger partial charge in [0.15, 0.2) is 0 Å². The van der Waals surface area contributed by atoms with Crippen molar-refractivity contribution in [1.82, 2.24) is 24.4 Å². The normalized spacial score (nSPS) is 15.6. The summed E-state index contributed by atoms with van der Waals surface area (Å²) >= 11 is 6.48. The number of rotatable bonds is 7. The number of nitrogens with one attached hydrogen (secondary N) is 1. The van der Waals surface area contributed by atoms with Crippen molar-refractivity contribution < 1.29 is 9.53 Å². The van der Waals surface area contributed by atoms with Crippen LogP contribution in [0.2, 0.25) is 5.02 Å². The van der Waals surface area contributed by atoms with Gasteiger partial charge >= 0.3 is 0 Å². The lowest BCUT2D eigenvalue weighted by Gasteiger charge is -2.23. The van der Waals surface area contributed by atoms with Crippen molar-refractivity contribution in [3.8, 4) is 16.9 Å². The second kappa shape index (κ2) is 10.6. The van der Waals surface area contributed by atoms with Crippen molar-refractivity contribution >= 4 is 23.5 Å². The monoisotopic (exact) mass is 527 g/mol. The zero-order chi connectivity index (χ0) is 26.1. The van der Waals surface area contributed by atoms with Crippen LogP contribution in [0.15, 0.2) is 61.1 Å². The predicted molar refractivity (Wildman–Crippen MR) is 146 cm³/mol. The summed E-state index contributed by atoms with van der Waals surface area (Å²) in [6.07, 6.45) is 9.25. The van der Waals surface area contributed by atoms with E-state index in [4.69, 9.17) is 16.3 Å². The van der Waals surface area contributed by atoms with E-state index in [1.165, 1.54) is 0 Å². The Morgan fingerprint density at radius 1 is 1.13 bits per heavy atom. The van der Waals surface area contributed by atoms with Crippen molar-refractivity contribution in [2.75, 3.05) is 25.1 Å². The number of hydrogen-bond donors (Lipinski definition) is 1. The number of hydrogen-bond acceptors (Lipinski definition) is 6. The summed E-state index contributed by atoms with van der Waals surface area (Å²) < 4.78 is 7.47. The van der Waals surface area contributed by atoms with Gasteiger partial charge in [-0.25, -0.2) is 15.0 Å². The molecule has 1 radical (unpaired) electrons. The molecule has 1 fully saturated rings. The molecule has 0 spiro atoms. The second-order valence-corrected chi connectivity index (χ2v) is 10.0. The smallest absolute Gasteiger partial charge is 0.254 e. The topological polar surface area (TPSA) is 85.2 Å². The van der Waals surface area contributed by atoms with Gasteiger partial charge in [-0.05, 0) is 49.1 Å². The van der Waals surface area contributed by atoms with Gasteiger partial charge in [0.25, 0.3) is 5.91 Å². The van der Waals surface area contributed by atoms with E-state index >= 15 is 0 Å². The molecule has 2 aromatic heterocycles. The van der Waals surface area contributed by atoms with Crippen molar-refractivity contribution in [3.05, 3.63) is 95.0 Å². The lowest BCUT2D eigenvalue weighted by atomic mass is 10.0. The number of ether oxygens (including phenoxy) is 1. The molecule has 193 valence electrons. The Morgan fingerprint density at radius 3 is 2.71 bits per heavy atom. The maximum absolute atomic E-state index is 13.3. The molecule has 1 amide bonds. The number of carbonyl (C=O) groups is 1. The van der Waals surface area contributed by atoms with Gasteiger partial charge < -0.3 is 19.5 Å². The van der Waals surface area contributed by atoms with Crippen LogP contribution in [-0.4, -0.2) is 56.1 Å². The number of amides is 1. The summed E-state index contributed by atoms with van der Waals surface area (Å²) in [6.45, 7) is 4.54. The van der Waals surface area contributed by atoms with Gasteiger partial charge in [-0.1, -0.05) is 35.9 Å². The Hall–Kier alpha value is -3.75.